The molecule has 4 nitrogen and oxygen atoms in total. The van der Waals surface area contributed by atoms with E-state index in [1.165, 1.54) is 32.4 Å². The van der Waals surface area contributed by atoms with Gasteiger partial charge in [0.05, 0.1) is 25.4 Å². The Kier molecular flexibility index (Phi) is 6.41. The zero-order valence-electron chi connectivity index (χ0n) is 11.7. The van der Waals surface area contributed by atoms with Crippen LogP contribution in [0.25, 0.3) is 0 Å². The van der Waals surface area contributed by atoms with Crippen molar-refractivity contribution >= 4 is 0 Å². The van der Waals surface area contributed by atoms with E-state index in [0.717, 1.165) is 39.3 Å². The Labute approximate surface area is 111 Å². The number of likely N-dealkylation sites (tertiary alicyclic amines) is 1. The van der Waals surface area contributed by atoms with Crippen molar-refractivity contribution < 1.29 is 9.47 Å². The summed E-state index contributed by atoms with van der Waals surface area (Å²) < 4.78 is 11.7. The number of nitrogens with zero attached hydrogens (tertiary/aromatic N) is 1. The molecule has 2 rings (SSSR count). The van der Waals surface area contributed by atoms with E-state index in [9.17, 15) is 0 Å². The molecule has 0 aromatic heterocycles. The maximum Gasteiger partial charge on any atom is 0.0813 e. The maximum atomic E-state index is 5.93. The molecule has 0 aromatic rings. The Hall–Kier alpha value is -0.160. The smallest absolute Gasteiger partial charge is 0.0813 e. The molecule has 106 valence electrons. The number of nitrogens with one attached hydrogen (secondary N) is 1. The third-order valence-electron chi connectivity index (χ3n) is 3.87. The normalized spacial score (nSPS) is 29.2. The summed E-state index contributed by atoms with van der Waals surface area (Å²) in [6.45, 7) is 9.38. The fourth-order valence-electron chi connectivity index (χ4n) is 2.77. The lowest BCUT2D eigenvalue weighted by atomic mass is 10.2. The van der Waals surface area contributed by atoms with Crippen LogP contribution in [0.2, 0.25) is 0 Å². The van der Waals surface area contributed by atoms with Crippen molar-refractivity contribution in [3.05, 3.63) is 0 Å². The van der Waals surface area contributed by atoms with Gasteiger partial charge in [0.2, 0.25) is 0 Å². The molecule has 0 aliphatic carbocycles. The summed E-state index contributed by atoms with van der Waals surface area (Å²) in [5, 5.41) is 3.34. The molecule has 2 unspecified atom stereocenters. The molecular weight excluding hydrogens is 228 g/mol. The molecule has 2 heterocycles. The second-order valence-corrected chi connectivity index (χ2v) is 5.39. The lowest BCUT2D eigenvalue weighted by Crippen LogP contribution is -2.28. The van der Waals surface area contributed by atoms with Crippen LogP contribution < -0.4 is 5.32 Å². The minimum absolute atomic E-state index is 0.326. The van der Waals surface area contributed by atoms with E-state index in [1.807, 2.05) is 0 Å². The van der Waals surface area contributed by atoms with Crippen LogP contribution in [0.4, 0.5) is 0 Å². The molecule has 0 spiro atoms. The second-order valence-electron chi connectivity index (χ2n) is 5.39. The van der Waals surface area contributed by atoms with Crippen LogP contribution in [0, 0.1) is 0 Å². The number of hydrogen-bond acceptors (Lipinski definition) is 4. The van der Waals surface area contributed by atoms with Gasteiger partial charge in [-0.1, -0.05) is 6.92 Å². The van der Waals surface area contributed by atoms with E-state index >= 15 is 0 Å². The third kappa shape index (κ3) is 4.84. The van der Waals surface area contributed by atoms with E-state index in [0.29, 0.717) is 12.2 Å². The zero-order valence-corrected chi connectivity index (χ0v) is 11.7. The predicted octanol–water partition coefficient (Wildman–Crippen LogP) is 1.26. The second kappa shape index (κ2) is 8.10. The van der Waals surface area contributed by atoms with Gasteiger partial charge >= 0.3 is 0 Å². The van der Waals surface area contributed by atoms with Gasteiger partial charge < -0.3 is 19.7 Å². The van der Waals surface area contributed by atoms with Crippen LogP contribution in [0.15, 0.2) is 0 Å². The van der Waals surface area contributed by atoms with Crippen molar-refractivity contribution in [3.8, 4) is 0 Å². The molecule has 2 atom stereocenters. The van der Waals surface area contributed by atoms with Gasteiger partial charge in [-0.3, -0.25) is 0 Å². The van der Waals surface area contributed by atoms with E-state index in [1.54, 1.807) is 0 Å². The molecule has 2 aliphatic rings. The van der Waals surface area contributed by atoms with Crippen LogP contribution in [0.1, 0.15) is 32.6 Å². The number of ether oxygens (including phenoxy) is 2. The van der Waals surface area contributed by atoms with Gasteiger partial charge in [0.1, 0.15) is 0 Å². The van der Waals surface area contributed by atoms with Gasteiger partial charge in [-0.05, 0) is 45.3 Å². The molecule has 18 heavy (non-hydrogen) atoms. The highest BCUT2D eigenvalue weighted by Crippen LogP contribution is 2.19. The highest BCUT2D eigenvalue weighted by molar-refractivity contribution is 4.75. The molecular formula is C14H28N2O2. The molecule has 2 fully saturated rings. The van der Waals surface area contributed by atoms with Gasteiger partial charge in [-0.25, -0.2) is 0 Å². The number of likely N-dealkylation sites (N-methyl/N-ethyl adjacent to an activating group) is 1. The highest BCUT2D eigenvalue weighted by atomic mass is 16.5. The van der Waals surface area contributed by atoms with E-state index < -0.39 is 0 Å². The van der Waals surface area contributed by atoms with Crippen LogP contribution in [-0.2, 0) is 9.47 Å². The standard InChI is InChI=1S/C14H28N2O2/c1-2-15-11-13-5-6-14(18-13)12-17-10-9-16-7-3-4-8-16/h13-15H,2-12H2,1H3. The Morgan fingerprint density at radius 1 is 1.22 bits per heavy atom. The van der Waals surface area contributed by atoms with E-state index in [2.05, 4.69) is 17.1 Å². The molecule has 0 saturated carbocycles. The van der Waals surface area contributed by atoms with E-state index in [-0.39, 0.29) is 0 Å². The van der Waals surface area contributed by atoms with Gasteiger partial charge in [0.15, 0.2) is 0 Å². The molecule has 0 amide bonds. The SMILES string of the molecule is CCNCC1CCC(COCCN2CCCC2)O1. The number of rotatable bonds is 8. The fraction of sp³-hybridized carbons (Fsp3) is 1.00. The quantitative estimate of drug-likeness (QED) is 0.663. The molecule has 0 radical (unpaired) electrons. The van der Waals surface area contributed by atoms with Gasteiger partial charge in [0.25, 0.3) is 0 Å². The van der Waals surface area contributed by atoms with Crippen LogP contribution in [0.5, 0.6) is 0 Å². The first-order chi connectivity index (χ1) is 8.88. The average Bonchev–Trinajstić information content (AvgIpc) is 3.04. The zero-order chi connectivity index (χ0) is 12.6. The average molecular weight is 256 g/mol. The molecule has 0 bridgehead atoms. The van der Waals surface area contributed by atoms with Crippen molar-refractivity contribution in [2.45, 2.75) is 44.8 Å². The van der Waals surface area contributed by atoms with Crippen molar-refractivity contribution in [3.63, 3.8) is 0 Å². The Balaban J connectivity index is 1.47. The molecule has 2 aliphatic heterocycles. The number of hydrogen-bond donors (Lipinski definition) is 1. The third-order valence-corrected chi connectivity index (χ3v) is 3.87. The molecule has 2 saturated heterocycles. The first kappa shape index (κ1) is 14.3. The Morgan fingerprint density at radius 3 is 2.78 bits per heavy atom. The first-order valence-corrected chi connectivity index (χ1v) is 7.54. The monoisotopic (exact) mass is 256 g/mol. The molecule has 1 N–H and O–H groups in total. The predicted molar refractivity (Wildman–Crippen MR) is 72.9 cm³/mol. The summed E-state index contributed by atoms with van der Waals surface area (Å²) in [6.07, 6.45) is 5.77. The molecule has 0 aromatic carbocycles. The van der Waals surface area contributed by atoms with Crippen molar-refractivity contribution in [2.75, 3.05) is 45.9 Å². The van der Waals surface area contributed by atoms with Crippen molar-refractivity contribution in [1.29, 1.82) is 0 Å². The summed E-state index contributed by atoms with van der Waals surface area (Å²) in [4.78, 5) is 2.49. The lowest BCUT2D eigenvalue weighted by Gasteiger charge is -2.17. The maximum absolute atomic E-state index is 5.93. The van der Waals surface area contributed by atoms with Gasteiger partial charge in [0, 0.05) is 13.1 Å². The largest absolute Gasteiger partial charge is 0.377 e. The van der Waals surface area contributed by atoms with Crippen molar-refractivity contribution in [1.82, 2.24) is 10.2 Å². The van der Waals surface area contributed by atoms with Crippen molar-refractivity contribution in [2.24, 2.45) is 0 Å². The first-order valence-electron chi connectivity index (χ1n) is 7.54. The summed E-state index contributed by atoms with van der Waals surface area (Å²) in [7, 11) is 0. The van der Waals surface area contributed by atoms with Gasteiger partial charge in [-0.15, -0.1) is 0 Å². The Morgan fingerprint density at radius 2 is 2.00 bits per heavy atom. The van der Waals surface area contributed by atoms with E-state index in [4.69, 9.17) is 9.47 Å². The minimum atomic E-state index is 0.326. The molecule has 4 heteroatoms. The van der Waals surface area contributed by atoms with Crippen LogP contribution in [0.3, 0.4) is 0 Å². The summed E-state index contributed by atoms with van der Waals surface area (Å²) in [6, 6.07) is 0. The summed E-state index contributed by atoms with van der Waals surface area (Å²) >= 11 is 0. The summed E-state index contributed by atoms with van der Waals surface area (Å²) in [5.74, 6) is 0. The van der Waals surface area contributed by atoms with Crippen LogP contribution in [-0.4, -0.2) is 63.0 Å². The van der Waals surface area contributed by atoms with Crippen LogP contribution >= 0.6 is 0 Å². The summed E-state index contributed by atoms with van der Waals surface area (Å²) in [5.41, 5.74) is 0. The van der Waals surface area contributed by atoms with Gasteiger partial charge in [-0.2, -0.15) is 0 Å². The minimum Gasteiger partial charge on any atom is -0.377 e. The Bertz CT molecular complexity index is 220. The topological polar surface area (TPSA) is 33.7 Å². The lowest BCUT2D eigenvalue weighted by molar-refractivity contribution is -0.0171. The highest BCUT2D eigenvalue weighted by Gasteiger charge is 2.24. The fourth-order valence-corrected chi connectivity index (χ4v) is 2.77.